The van der Waals surface area contributed by atoms with Crippen LogP contribution in [0.1, 0.15) is 24.4 Å². The first-order valence-corrected chi connectivity index (χ1v) is 4.25. The maximum absolute atomic E-state index is 12.7. The lowest BCUT2D eigenvalue weighted by molar-refractivity contribution is 0.473. The zero-order valence-corrected chi connectivity index (χ0v) is 7.00. The molecule has 0 spiro atoms. The predicted molar refractivity (Wildman–Crippen MR) is 43.8 cm³/mol. The van der Waals surface area contributed by atoms with E-state index in [1.165, 1.54) is 6.20 Å². The molecule has 1 heterocycles. The summed E-state index contributed by atoms with van der Waals surface area (Å²) in [6.07, 6.45) is 3.45. The molecule has 0 radical (unpaired) electrons. The minimum absolute atomic E-state index is 0.192. The van der Waals surface area contributed by atoms with Gasteiger partial charge in [-0.2, -0.15) is 4.39 Å². The van der Waals surface area contributed by atoms with Crippen molar-refractivity contribution in [2.75, 3.05) is 0 Å². The van der Waals surface area contributed by atoms with E-state index in [2.05, 4.69) is 4.98 Å². The fourth-order valence-corrected chi connectivity index (χ4v) is 1.35. The molecule has 2 nitrogen and oxygen atoms in total. The van der Waals surface area contributed by atoms with Crippen molar-refractivity contribution in [3.63, 3.8) is 0 Å². The molecule has 0 saturated heterocycles. The summed E-state index contributed by atoms with van der Waals surface area (Å²) in [7, 11) is 0. The van der Waals surface area contributed by atoms with Gasteiger partial charge in [0.2, 0.25) is 5.95 Å². The Balaban J connectivity index is 2.24. The highest BCUT2D eigenvalue weighted by Crippen LogP contribution is 2.39. The third-order valence-electron chi connectivity index (χ3n) is 2.33. The van der Waals surface area contributed by atoms with E-state index in [1.54, 1.807) is 0 Å². The van der Waals surface area contributed by atoms with E-state index < -0.39 is 11.8 Å². The Morgan fingerprint density at radius 2 is 2.15 bits per heavy atom. The van der Waals surface area contributed by atoms with E-state index in [-0.39, 0.29) is 6.04 Å². The van der Waals surface area contributed by atoms with Crippen molar-refractivity contribution in [1.82, 2.24) is 4.98 Å². The lowest BCUT2D eigenvalue weighted by Gasteiger charge is -2.09. The van der Waals surface area contributed by atoms with Crippen molar-refractivity contribution in [1.29, 1.82) is 0 Å². The van der Waals surface area contributed by atoms with Crippen LogP contribution in [0.15, 0.2) is 12.3 Å². The highest BCUT2D eigenvalue weighted by atomic mass is 19.2. The van der Waals surface area contributed by atoms with Crippen LogP contribution in [-0.4, -0.2) is 4.98 Å². The molecule has 1 saturated carbocycles. The number of aromatic nitrogens is 1. The summed E-state index contributed by atoms with van der Waals surface area (Å²) in [6.45, 7) is 0. The Bertz CT molecular complexity index is 323. The molecule has 2 N–H and O–H groups in total. The quantitative estimate of drug-likeness (QED) is 0.711. The average Bonchev–Trinajstić information content (AvgIpc) is 2.91. The van der Waals surface area contributed by atoms with Gasteiger partial charge in [-0.25, -0.2) is 9.37 Å². The van der Waals surface area contributed by atoms with Crippen LogP contribution in [0.2, 0.25) is 0 Å². The number of nitrogens with zero attached hydrogens (tertiary/aromatic N) is 1. The number of rotatable bonds is 2. The van der Waals surface area contributed by atoms with Crippen LogP contribution in [0, 0.1) is 17.7 Å². The highest BCUT2D eigenvalue weighted by Gasteiger charge is 2.30. The molecule has 4 heteroatoms. The first kappa shape index (κ1) is 8.56. The van der Waals surface area contributed by atoms with E-state index in [0.29, 0.717) is 11.5 Å². The van der Waals surface area contributed by atoms with Crippen molar-refractivity contribution < 1.29 is 8.78 Å². The van der Waals surface area contributed by atoms with Gasteiger partial charge < -0.3 is 5.73 Å². The number of nitrogens with two attached hydrogens (primary N) is 1. The van der Waals surface area contributed by atoms with Crippen LogP contribution in [-0.2, 0) is 0 Å². The minimum Gasteiger partial charge on any atom is -0.324 e. The SMILES string of the molecule is NC(c1cnc(F)c(F)c1)C1CC1. The summed E-state index contributed by atoms with van der Waals surface area (Å²) < 4.78 is 25.2. The van der Waals surface area contributed by atoms with Gasteiger partial charge in [-0.3, -0.25) is 0 Å². The van der Waals surface area contributed by atoms with E-state index in [0.717, 1.165) is 18.9 Å². The Morgan fingerprint density at radius 1 is 1.46 bits per heavy atom. The van der Waals surface area contributed by atoms with E-state index in [9.17, 15) is 8.78 Å². The number of hydrogen-bond acceptors (Lipinski definition) is 2. The van der Waals surface area contributed by atoms with E-state index in [1.807, 2.05) is 0 Å². The molecule has 1 fully saturated rings. The predicted octanol–water partition coefficient (Wildman–Crippen LogP) is 1.77. The zero-order valence-electron chi connectivity index (χ0n) is 7.00. The number of pyridine rings is 1. The van der Waals surface area contributed by atoms with Crippen LogP contribution in [0.5, 0.6) is 0 Å². The molecule has 1 aliphatic carbocycles. The van der Waals surface area contributed by atoms with Crippen molar-refractivity contribution >= 4 is 0 Å². The lowest BCUT2D eigenvalue weighted by atomic mass is 10.1. The average molecular weight is 184 g/mol. The first-order chi connectivity index (χ1) is 6.18. The Labute approximate surface area is 74.8 Å². The normalized spacial score (nSPS) is 18.7. The fraction of sp³-hybridized carbons (Fsp3) is 0.444. The fourth-order valence-electron chi connectivity index (χ4n) is 1.35. The summed E-state index contributed by atoms with van der Waals surface area (Å²) in [4.78, 5) is 3.29. The van der Waals surface area contributed by atoms with Crippen molar-refractivity contribution in [3.05, 3.63) is 29.6 Å². The summed E-state index contributed by atoms with van der Waals surface area (Å²) in [5, 5.41) is 0. The molecule has 70 valence electrons. The molecule has 0 aromatic carbocycles. The summed E-state index contributed by atoms with van der Waals surface area (Å²) >= 11 is 0. The molecule has 0 aliphatic heterocycles. The molecule has 1 aliphatic rings. The van der Waals surface area contributed by atoms with Gasteiger partial charge in [-0.1, -0.05) is 0 Å². The Kier molecular flexibility index (Phi) is 2.00. The van der Waals surface area contributed by atoms with Gasteiger partial charge >= 0.3 is 0 Å². The van der Waals surface area contributed by atoms with Crippen LogP contribution in [0.4, 0.5) is 8.78 Å². The monoisotopic (exact) mass is 184 g/mol. The molecular weight excluding hydrogens is 174 g/mol. The molecular formula is C9H10F2N2. The first-order valence-electron chi connectivity index (χ1n) is 4.25. The van der Waals surface area contributed by atoms with Crippen LogP contribution in [0.3, 0.4) is 0 Å². The largest absolute Gasteiger partial charge is 0.324 e. The molecule has 0 bridgehead atoms. The topological polar surface area (TPSA) is 38.9 Å². The second kappa shape index (κ2) is 3.03. The summed E-state index contributed by atoms with van der Waals surface area (Å²) in [5.74, 6) is -1.56. The smallest absolute Gasteiger partial charge is 0.248 e. The summed E-state index contributed by atoms with van der Waals surface area (Å²) in [6, 6.07) is 0.938. The van der Waals surface area contributed by atoms with Gasteiger partial charge in [0.05, 0.1) is 0 Å². The highest BCUT2D eigenvalue weighted by molar-refractivity contribution is 5.17. The van der Waals surface area contributed by atoms with Crippen LogP contribution >= 0.6 is 0 Å². The lowest BCUT2D eigenvalue weighted by Crippen LogP contribution is -2.13. The molecule has 1 aromatic rings. The van der Waals surface area contributed by atoms with Crippen molar-refractivity contribution in [2.45, 2.75) is 18.9 Å². The van der Waals surface area contributed by atoms with E-state index >= 15 is 0 Å². The zero-order chi connectivity index (χ0) is 9.42. The standard InChI is InChI=1S/C9H10F2N2/c10-7-3-6(4-13-9(7)11)8(12)5-1-2-5/h3-5,8H,1-2,12H2. The van der Waals surface area contributed by atoms with Crippen LogP contribution < -0.4 is 5.73 Å². The minimum atomic E-state index is -1.06. The van der Waals surface area contributed by atoms with Crippen molar-refractivity contribution in [3.8, 4) is 0 Å². The van der Waals surface area contributed by atoms with Crippen LogP contribution in [0.25, 0.3) is 0 Å². The Hall–Kier alpha value is -1.03. The van der Waals surface area contributed by atoms with Gasteiger partial charge in [0, 0.05) is 12.2 Å². The molecule has 1 atom stereocenters. The van der Waals surface area contributed by atoms with Gasteiger partial charge in [-0.15, -0.1) is 0 Å². The molecule has 1 aromatic heterocycles. The molecule has 0 amide bonds. The number of hydrogen-bond donors (Lipinski definition) is 1. The third-order valence-corrected chi connectivity index (χ3v) is 2.33. The van der Waals surface area contributed by atoms with Gasteiger partial charge in [0.15, 0.2) is 5.82 Å². The summed E-state index contributed by atoms with van der Waals surface area (Å²) in [5.41, 5.74) is 6.37. The van der Waals surface area contributed by atoms with Crippen molar-refractivity contribution in [2.24, 2.45) is 11.7 Å². The second-order valence-corrected chi connectivity index (χ2v) is 3.40. The van der Waals surface area contributed by atoms with Gasteiger partial charge in [0.1, 0.15) is 0 Å². The molecule has 13 heavy (non-hydrogen) atoms. The Morgan fingerprint density at radius 3 is 2.69 bits per heavy atom. The van der Waals surface area contributed by atoms with E-state index in [4.69, 9.17) is 5.73 Å². The van der Waals surface area contributed by atoms with Gasteiger partial charge in [-0.05, 0) is 30.4 Å². The maximum Gasteiger partial charge on any atom is 0.248 e. The van der Waals surface area contributed by atoms with Gasteiger partial charge in [0.25, 0.3) is 0 Å². The second-order valence-electron chi connectivity index (χ2n) is 3.40. The molecule has 1 unspecified atom stereocenters. The molecule has 2 rings (SSSR count). The maximum atomic E-state index is 12.7. The number of halogens is 2. The third kappa shape index (κ3) is 1.67.